The van der Waals surface area contributed by atoms with Gasteiger partial charge in [0, 0.05) is 24.1 Å². The van der Waals surface area contributed by atoms with E-state index in [1.54, 1.807) is 0 Å². The smallest absolute Gasteiger partial charge is 0.243 e. The molecule has 2 rings (SSSR count). The normalized spacial score (nSPS) is 28.2. The lowest BCUT2D eigenvalue weighted by Crippen LogP contribution is -2.51. The van der Waals surface area contributed by atoms with Gasteiger partial charge in [-0.1, -0.05) is 25.7 Å². The molecule has 0 aromatic rings. The largest absolute Gasteiger partial charge is 0.337 e. The summed E-state index contributed by atoms with van der Waals surface area (Å²) < 4.78 is 0. The molecule has 1 aliphatic heterocycles. The van der Waals surface area contributed by atoms with Crippen LogP contribution in [0, 0.1) is 16.7 Å². The molecule has 18 heavy (non-hydrogen) atoms. The van der Waals surface area contributed by atoms with Crippen molar-refractivity contribution in [3.63, 3.8) is 0 Å². The number of hydrogen-bond donors (Lipinski definition) is 0. The molecule has 3 nitrogen and oxygen atoms in total. The maximum absolute atomic E-state index is 12.8. The van der Waals surface area contributed by atoms with E-state index in [4.69, 9.17) is 0 Å². The van der Waals surface area contributed by atoms with Gasteiger partial charge in [-0.15, -0.1) is 0 Å². The molecule has 1 unspecified atom stereocenters. The van der Waals surface area contributed by atoms with Crippen molar-refractivity contribution in [1.82, 2.24) is 4.90 Å². The number of hydrogen-bond acceptors (Lipinski definition) is 3. The second-order valence-electron chi connectivity index (χ2n) is 5.53. The van der Waals surface area contributed by atoms with Crippen molar-refractivity contribution >= 4 is 17.7 Å². The minimum atomic E-state index is -0.716. The Balaban J connectivity index is 2.15. The van der Waals surface area contributed by atoms with E-state index < -0.39 is 5.41 Å². The molecule has 1 heterocycles. The summed E-state index contributed by atoms with van der Waals surface area (Å²) in [5, 5.41) is 9.55. The van der Waals surface area contributed by atoms with Crippen LogP contribution in [-0.4, -0.2) is 34.9 Å². The van der Waals surface area contributed by atoms with E-state index in [0.717, 1.165) is 43.7 Å². The van der Waals surface area contributed by atoms with E-state index in [1.165, 1.54) is 12.8 Å². The topological polar surface area (TPSA) is 44.1 Å². The van der Waals surface area contributed by atoms with Gasteiger partial charge in [0.1, 0.15) is 5.41 Å². The number of thioether (sulfide) groups is 1. The number of amides is 1. The van der Waals surface area contributed by atoms with Gasteiger partial charge in [0.05, 0.1) is 6.07 Å². The van der Waals surface area contributed by atoms with Crippen molar-refractivity contribution < 1.29 is 4.79 Å². The molecule has 0 aromatic carbocycles. The average molecular weight is 266 g/mol. The second-order valence-corrected chi connectivity index (χ2v) is 6.68. The van der Waals surface area contributed by atoms with Crippen molar-refractivity contribution in [2.24, 2.45) is 5.41 Å². The quantitative estimate of drug-likeness (QED) is 0.685. The highest BCUT2D eigenvalue weighted by molar-refractivity contribution is 7.99. The standard InChI is InChI=1S/C14H22N2OS/c1-12-10-18-9-8-16(12)13(17)14(11-15)6-4-2-3-5-7-14/h12H,2-10H2,1H3. The molecule has 100 valence electrons. The van der Waals surface area contributed by atoms with E-state index >= 15 is 0 Å². The third-order valence-corrected chi connectivity index (χ3v) is 5.40. The van der Waals surface area contributed by atoms with E-state index in [2.05, 4.69) is 13.0 Å². The summed E-state index contributed by atoms with van der Waals surface area (Å²) in [5.41, 5.74) is -0.716. The highest BCUT2D eigenvalue weighted by Crippen LogP contribution is 2.37. The van der Waals surface area contributed by atoms with Gasteiger partial charge in [0.25, 0.3) is 0 Å². The Morgan fingerprint density at radius 1 is 1.33 bits per heavy atom. The lowest BCUT2D eigenvalue weighted by Gasteiger charge is -2.38. The van der Waals surface area contributed by atoms with Gasteiger partial charge >= 0.3 is 0 Å². The van der Waals surface area contributed by atoms with Crippen LogP contribution in [0.1, 0.15) is 45.4 Å². The van der Waals surface area contributed by atoms with Crippen LogP contribution >= 0.6 is 11.8 Å². The summed E-state index contributed by atoms with van der Waals surface area (Å²) >= 11 is 1.90. The predicted octanol–water partition coefficient (Wildman–Crippen LogP) is 2.81. The van der Waals surface area contributed by atoms with Gasteiger partial charge in [-0.2, -0.15) is 17.0 Å². The zero-order valence-corrected chi connectivity index (χ0v) is 12.0. The van der Waals surface area contributed by atoms with E-state index in [-0.39, 0.29) is 11.9 Å². The first-order valence-electron chi connectivity index (χ1n) is 7.00. The van der Waals surface area contributed by atoms with Gasteiger partial charge in [0.15, 0.2) is 0 Å². The summed E-state index contributed by atoms with van der Waals surface area (Å²) in [4.78, 5) is 14.7. The molecule has 0 aromatic heterocycles. The Hall–Kier alpha value is -0.690. The van der Waals surface area contributed by atoms with Crippen LogP contribution in [0.15, 0.2) is 0 Å². The average Bonchev–Trinajstić information content (AvgIpc) is 2.65. The second kappa shape index (κ2) is 5.97. The third-order valence-electron chi connectivity index (χ3n) is 4.21. The Morgan fingerprint density at radius 3 is 2.56 bits per heavy atom. The maximum atomic E-state index is 12.8. The molecule has 1 atom stereocenters. The minimum Gasteiger partial charge on any atom is -0.337 e. The van der Waals surface area contributed by atoms with Crippen LogP contribution in [0.5, 0.6) is 0 Å². The molecule has 1 saturated heterocycles. The molecular formula is C14H22N2OS. The van der Waals surface area contributed by atoms with E-state index in [9.17, 15) is 10.1 Å². The Morgan fingerprint density at radius 2 is 2.00 bits per heavy atom. The molecular weight excluding hydrogens is 244 g/mol. The molecule has 0 bridgehead atoms. The zero-order valence-electron chi connectivity index (χ0n) is 11.2. The lowest BCUT2D eigenvalue weighted by molar-refractivity contribution is -0.141. The predicted molar refractivity (Wildman–Crippen MR) is 74.2 cm³/mol. The Bertz CT molecular complexity index is 342. The first-order chi connectivity index (χ1) is 8.69. The van der Waals surface area contributed by atoms with Gasteiger partial charge in [-0.05, 0) is 19.8 Å². The minimum absolute atomic E-state index is 0.111. The first-order valence-corrected chi connectivity index (χ1v) is 8.15. The van der Waals surface area contributed by atoms with Gasteiger partial charge in [0.2, 0.25) is 5.91 Å². The van der Waals surface area contributed by atoms with Crippen LogP contribution in [0.3, 0.4) is 0 Å². The lowest BCUT2D eigenvalue weighted by atomic mass is 9.80. The van der Waals surface area contributed by atoms with Gasteiger partial charge in [-0.3, -0.25) is 4.79 Å². The fourth-order valence-electron chi connectivity index (χ4n) is 3.01. The van der Waals surface area contributed by atoms with E-state index in [1.807, 2.05) is 16.7 Å². The number of carbonyl (C=O) groups excluding carboxylic acids is 1. The van der Waals surface area contributed by atoms with Gasteiger partial charge < -0.3 is 4.90 Å². The molecule has 1 saturated carbocycles. The zero-order chi connectivity index (χ0) is 13.0. The highest BCUT2D eigenvalue weighted by atomic mass is 32.2. The van der Waals surface area contributed by atoms with Crippen LogP contribution < -0.4 is 0 Å². The number of nitrogens with zero attached hydrogens (tertiary/aromatic N) is 2. The molecule has 0 radical (unpaired) electrons. The van der Waals surface area contributed by atoms with Crippen LogP contribution in [0.2, 0.25) is 0 Å². The Kier molecular flexibility index (Phi) is 4.55. The molecule has 4 heteroatoms. The maximum Gasteiger partial charge on any atom is 0.243 e. The summed E-state index contributed by atoms with van der Waals surface area (Å²) in [6, 6.07) is 2.66. The SMILES string of the molecule is CC1CSCCN1C(=O)C1(C#N)CCCCCC1. The monoisotopic (exact) mass is 266 g/mol. The van der Waals surface area contributed by atoms with Crippen LogP contribution in [-0.2, 0) is 4.79 Å². The van der Waals surface area contributed by atoms with Crippen molar-refractivity contribution in [3.8, 4) is 6.07 Å². The molecule has 1 aliphatic carbocycles. The van der Waals surface area contributed by atoms with E-state index in [0.29, 0.717) is 0 Å². The third kappa shape index (κ3) is 2.66. The number of carbonyl (C=O) groups is 1. The molecule has 0 N–H and O–H groups in total. The summed E-state index contributed by atoms with van der Waals surface area (Å²) in [6.07, 6.45) is 5.91. The van der Waals surface area contributed by atoms with Crippen molar-refractivity contribution in [2.75, 3.05) is 18.1 Å². The fourth-order valence-corrected chi connectivity index (χ4v) is 4.02. The molecule has 2 fully saturated rings. The fraction of sp³-hybridized carbons (Fsp3) is 0.857. The summed E-state index contributed by atoms with van der Waals surface area (Å²) in [5.74, 6) is 2.13. The number of nitriles is 1. The molecule has 0 spiro atoms. The van der Waals surface area contributed by atoms with Crippen LogP contribution in [0.25, 0.3) is 0 Å². The van der Waals surface area contributed by atoms with Crippen LogP contribution in [0.4, 0.5) is 0 Å². The molecule has 1 amide bonds. The Labute approximate surface area is 114 Å². The van der Waals surface area contributed by atoms with Crippen molar-refractivity contribution in [2.45, 2.75) is 51.5 Å². The summed E-state index contributed by atoms with van der Waals surface area (Å²) in [6.45, 7) is 2.92. The van der Waals surface area contributed by atoms with Crippen molar-refractivity contribution in [1.29, 1.82) is 5.26 Å². The van der Waals surface area contributed by atoms with Crippen molar-refractivity contribution in [3.05, 3.63) is 0 Å². The summed E-state index contributed by atoms with van der Waals surface area (Å²) in [7, 11) is 0. The number of rotatable bonds is 1. The molecule has 2 aliphatic rings. The highest BCUT2D eigenvalue weighted by Gasteiger charge is 2.43. The first kappa shape index (κ1) is 13.7. The van der Waals surface area contributed by atoms with Gasteiger partial charge in [-0.25, -0.2) is 0 Å².